The number of likely N-dealkylation sites (tertiary alicyclic amines) is 1. The fourth-order valence-corrected chi connectivity index (χ4v) is 6.51. The van der Waals surface area contributed by atoms with Crippen LogP contribution in [0.4, 0.5) is 14.9 Å². The molecule has 4 rings (SSSR count). The lowest BCUT2D eigenvalue weighted by Gasteiger charge is -2.28. The Bertz CT molecular complexity index is 1400. The van der Waals surface area contributed by atoms with Gasteiger partial charge in [0.1, 0.15) is 11.6 Å². The van der Waals surface area contributed by atoms with Crippen LogP contribution < -0.4 is 10.1 Å². The van der Waals surface area contributed by atoms with Crippen molar-refractivity contribution in [2.45, 2.75) is 38.1 Å². The summed E-state index contributed by atoms with van der Waals surface area (Å²) in [5.74, 6) is 0.584. The van der Waals surface area contributed by atoms with E-state index in [9.17, 15) is 17.6 Å². The van der Waals surface area contributed by atoms with Gasteiger partial charge in [-0.1, -0.05) is 48.8 Å². The highest BCUT2D eigenvalue weighted by Crippen LogP contribution is 2.39. The van der Waals surface area contributed by atoms with Crippen molar-refractivity contribution >= 4 is 37.7 Å². The number of ether oxygens (including phenoxy) is 1. The number of hydrogen-bond donors (Lipinski definition) is 1. The number of carbonyl (C=O) groups excluding carboxylic acids is 1. The van der Waals surface area contributed by atoms with E-state index in [-0.39, 0.29) is 28.4 Å². The Kier molecular flexibility index (Phi) is 8.74. The van der Waals surface area contributed by atoms with Gasteiger partial charge >= 0.3 is 6.03 Å². The average molecular weight is 605 g/mol. The Labute approximate surface area is 231 Å². The second-order valence-corrected chi connectivity index (χ2v) is 12.0. The van der Waals surface area contributed by atoms with Gasteiger partial charge in [-0.15, -0.1) is 0 Å². The van der Waals surface area contributed by atoms with Gasteiger partial charge in [0.15, 0.2) is 5.75 Å². The zero-order valence-electron chi connectivity index (χ0n) is 21.5. The van der Waals surface area contributed by atoms with Gasteiger partial charge in [0.25, 0.3) is 0 Å². The van der Waals surface area contributed by atoms with Crippen molar-refractivity contribution in [3.8, 4) is 11.5 Å². The number of benzene rings is 3. The Morgan fingerprint density at radius 3 is 2.47 bits per heavy atom. The predicted octanol–water partition coefficient (Wildman–Crippen LogP) is 7.03. The molecule has 3 aromatic rings. The minimum Gasteiger partial charge on any atom is -0.455 e. The monoisotopic (exact) mass is 603 g/mol. The van der Waals surface area contributed by atoms with Gasteiger partial charge in [-0.25, -0.2) is 17.6 Å². The zero-order valence-corrected chi connectivity index (χ0v) is 23.9. The molecule has 0 spiro atoms. The van der Waals surface area contributed by atoms with Gasteiger partial charge in [0.05, 0.1) is 16.6 Å². The van der Waals surface area contributed by atoms with E-state index >= 15 is 0 Å². The summed E-state index contributed by atoms with van der Waals surface area (Å²) in [4.78, 5) is 15.3. The van der Waals surface area contributed by atoms with E-state index in [0.29, 0.717) is 36.7 Å². The number of urea groups is 1. The molecule has 0 bridgehead atoms. The third-order valence-corrected chi connectivity index (χ3v) is 9.30. The van der Waals surface area contributed by atoms with Crippen LogP contribution in [0.25, 0.3) is 0 Å². The number of sulfonamides is 1. The lowest BCUT2D eigenvalue weighted by Crippen LogP contribution is -2.35. The number of anilines is 1. The van der Waals surface area contributed by atoms with Crippen LogP contribution in [0.3, 0.4) is 0 Å². The number of amides is 2. The lowest BCUT2D eigenvalue weighted by atomic mass is 9.95. The normalized spacial score (nSPS) is 17.6. The first-order valence-electron chi connectivity index (χ1n) is 12.5. The Balaban J connectivity index is 1.69. The molecule has 202 valence electrons. The topological polar surface area (TPSA) is 79.0 Å². The van der Waals surface area contributed by atoms with E-state index in [2.05, 4.69) is 21.2 Å². The zero-order chi connectivity index (χ0) is 27.4. The Morgan fingerprint density at radius 2 is 1.82 bits per heavy atom. The maximum Gasteiger partial charge on any atom is 0.322 e. The fourth-order valence-electron chi connectivity index (χ4n) is 4.76. The smallest absolute Gasteiger partial charge is 0.322 e. The third-order valence-electron chi connectivity index (χ3n) is 6.73. The SMILES string of the molecule is CCN(CC)S(=O)(=O)c1ccc(Oc2ccc(Br)cc2)c(NC(=O)N2CCC(C)C2c2cccc(F)c2)c1. The third kappa shape index (κ3) is 6.03. The van der Waals surface area contributed by atoms with Gasteiger partial charge in [-0.2, -0.15) is 4.31 Å². The molecule has 1 aliphatic rings. The van der Waals surface area contributed by atoms with E-state index in [1.807, 2.05) is 25.1 Å². The number of rotatable bonds is 8. The first-order chi connectivity index (χ1) is 18.1. The molecular weight excluding hydrogens is 573 g/mol. The highest BCUT2D eigenvalue weighted by Gasteiger charge is 2.36. The van der Waals surface area contributed by atoms with E-state index in [1.165, 1.54) is 28.6 Å². The molecule has 38 heavy (non-hydrogen) atoms. The van der Waals surface area contributed by atoms with Crippen LogP contribution in [-0.4, -0.2) is 43.3 Å². The molecule has 0 aliphatic carbocycles. The lowest BCUT2D eigenvalue weighted by molar-refractivity contribution is 0.201. The molecule has 1 aliphatic heterocycles. The van der Waals surface area contributed by atoms with Gasteiger partial charge in [-0.3, -0.25) is 0 Å². The predicted molar refractivity (Wildman–Crippen MR) is 149 cm³/mol. The maximum absolute atomic E-state index is 14.0. The summed E-state index contributed by atoms with van der Waals surface area (Å²) in [6.45, 7) is 6.69. The summed E-state index contributed by atoms with van der Waals surface area (Å²) in [7, 11) is -3.78. The van der Waals surface area contributed by atoms with E-state index in [0.717, 1.165) is 10.9 Å². The van der Waals surface area contributed by atoms with Crippen LogP contribution in [0.1, 0.15) is 38.8 Å². The molecular formula is C28H31BrFN3O4S. The molecule has 1 saturated heterocycles. The molecule has 0 radical (unpaired) electrons. The fraction of sp³-hybridized carbons (Fsp3) is 0.321. The van der Waals surface area contributed by atoms with Crippen molar-refractivity contribution in [2.75, 3.05) is 25.0 Å². The quantitative estimate of drug-likeness (QED) is 0.300. The molecule has 0 saturated carbocycles. The highest BCUT2D eigenvalue weighted by atomic mass is 79.9. The highest BCUT2D eigenvalue weighted by molar-refractivity contribution is 9.10. The Hall–Kier alpha value is -2.95. The maximum atomic E-state index is 14.0. The number of hydrogen-bond acceptors (Lipinski definition) is 4. The molecule has 10 heteroatoms. The van der Waals surface area contributed by atoms with Crippen LogP contribution >= 0.6 is 15.9 Å². The van der Waals surface area contributed by atoms with E-state index in [4.69, 9.17) is 4.74 Å². The van der Waals surface area contributed by atoms with Gasteiger partial charge in [-0.05, 0) is 72.5 Å². The van der Waals surface area contributed by atoms with Crippen molar-refractivity contribution in [2.24, 2.45) is 5.92 Å². The van der Waals surface area contributed by atoms with Crippen molar-refractivity contribution < 1.29 is 22.3 Å². The number of nitrogens with zero attached hydrogens (tertiary/aromatic N) is 2. The molecule has 1 N–H and O–H groups in total. The minimum atomic E-state index is -3.78. The van der Waals surface area contributed by atoms with Gasteiger partial charge in [0, 0.05) is 24.1 Å². The standard InChI is InChI=1S/C28H31BrFN3O4S/c1-4-32(5-2)38(35,36)24-13-14-26(37-23-11-9-21(29)10-12-23)25(18-24)31-28(34)33-16-15-19(3)27(33)20-7-6-8-22(30)17-20/h6-14,17-19,27H,4-5,15-16H2,1-3H3,(H,31,34). The second-order valence-electron chi connectivity index (χ2n) is 9.19. The molecule has 0 aromatic heterocycles. The van der Waals surface area contributed by atoms with Crippen LogP contribution in [-0.2, 0) is 10.0 Å². The average Bonchev–Trinajstić information content (AvgIpc) is 3.28. The van der Waals surface area contributed by atoms with Gasteiger partial charge < -0.3 is 15.0 Å². The van der Waals surface area contributed by atoms with Crippen molar-refractivity contribution in [1.82, 2.24) is 9.21 Å². The first-order valence-corrected chi connectivity index (χ1v) is 14.8. The van der Waals surface area contributed by atoms with Crippen LogP contribution in [0.5, 0.6) is 11.5 Å². The van der Waals surface area contributed by atoms with Crippen molar-refractivity contribution in [1.29, 1.82) is 0 Å². The molecule has 1 fully saturated rings. The summed E-state index contributed by atoms with van der Waals surface area (Å²) in [5.41, 5.74) is 0.943. The van der Waals surface area contributed by atoms with Gasteiger partial charge in [0.2, 0.25) is 10.0 Å². The minimum absolute atomic E-state index is 0.0520. The second kappa shape index (κ2) is 11.8. The van der Waals surface area contributed by atoms with Crippen molar-refractivity contribution in [3.05, 3.63) is 82.6 Å². The molecule has 2 amide bonds. The molecule has 2 unspecified atom stereocenters. The first kappa shape index (κ1) is 28.1. The largest absolute Gasteiger partial charge is 0.455 e. The van der Waals surface area contributed by atoms with Crippen molar-refractivity contribution in [3.63, 3.8) is 0 Å². The number of nitrogens with one attached hydrogen (secondary N) is 1. The molecule has 2 atom stereocenters. The van der Waals surface area contributed by atoms with E-state index in [1.54, 1.807) is 43.0 Å². The van der Waals surface area contributed by atoms with Crippen LogP contribution in [0.15, 0.2) is 76.1 Å². The number of halogens is 2. The number of carbonyl (C=O) groups is 1. The Morgan fingerprint density at radius 1 is 1.11 bits per heavy atom. The van der Waals surface area contributed by atoms with Crippen LogP contribution in [0.2, 0.25) is 0 Å². The van der Waals surface area contributed by atoms with Crippen LogP contribution in [0, 0.1) is 11.7 Å². The summed E-state index contributed by atoms with van der Waals surface area (Å²) in [5, 5.41) is 2.88. The molecule has 1 heterocycles. The molecule has 3 aromatic carbocycles. The summed E-state index contributed by atoms with van der Waals surface area (Å²) < 4.78 is 48.7. The summed E-state index contributed by atoms with van der Waals surface area (Å²) >= 11 is 3.40. The molecule has 7 nitrogen and oxygen atoms in total. The van der Waals surface area contributed by atoms with E-state index < -0.39 is 16.1 Å². The summed E-state index contributed by atoms with van der Waals surface area (Å²) in [6, 6.07) is 17.2. The summed E-state index contributed by atoms with van der Waals surface area (Å²) in [6.07, 6.45) is 0.757.